The van der Waals surface area contributed by atoms with Crippen molar-refractivity contribution in [3.8, 4) is 0 Å². The fourth-order valence-electron chi connectivity index (χ4n) is 1.93. The van der Waals surface area contributed by atoms with Gasteiger partial charge in [0.2, 0.25) is 10.0 Å². The molecule has 0 radical (unpaired) electrons. The number of rotatable bonds is 3. The van der Waals surface area contributed by atoms with E-state index in [1.807, 2.05) is 0 Å². The van der Waals surface area contributed by atoms with Gasteiger partial charge >= 0.3 is 0 Å². The van der Waals surface area contributed by atoms with Crippen molar-refractivity contribution in [1.82, 2.24) is 4.57 Å². The number of nitrogens with two attached hydrogens (primary N) is 1. The van der Waals surface area contributed by atoms with Gasteiger partial charge < -0.3 is 9.88 Å². The van der Waals surface area contributed by atoms with E-state index in [4.69, 9.17) is 5.14 Å². The molecule has 0 atom stereocenters. The second-order valence-electron chi connectivity index (χ2n) is 4.63. The first-order chi connectivity index (χ1) is 9.68. The number of amides is 1. The number of halogens is 1. The van der Waals surface area contributed by atoms with Crippen LogP contribution in [-0.4, -0.2) is 18.9 Å². The van der Waals surface area contributed by atoms with Gasteiger partial charge in [-0.1, -0.05) is 6.07 Å². The lowest BCUT2D eigenvalue weighted by atomic mass is 10.2. The van der Waals surface area contributed by atoms with Crippen LogP contribution in [-0.2, 0) is 17.1 Å². The molecular formula is C13H14BrN3O3S. The van der Waals surface area contributed by atoms with Gasteiger partial charge in [0.1, 0.15) is 5.69 Å². The van der Waals surface area contributed by atoms with Crippen molar-refractivity contribution in [3.63, 3.8) is 0 Å². The number of anilines is 1. The Kier molecular flexibility index (Phi) is 4.22. The summed E-state index contributed by atoms with van der Waals surface area (Å²) in [5.41, 5.74) is 1.34. The summed E-state index contributed by atoms with van der Waals surface area (Å²) in [5.74, 6) is -0.340. The normalized spacial score (nSPS) is 11.4. The number of benzene rings is 1. The molecule has 0 bridgehead atoms. The van der Waals surface area contributed by atoms with Crippen LogP contribution in [0.1, 0.15) is 16.1 Å². The molecule has 0 unspecified atom stereocenters. The van der Waals surface area contributed by atoms with Gasteiger partial charge in [0.05, 0.1) is 4.90 Å². The zero-order chi connectivity index (χ0) is 15.8. The second kappa shape index (κ2) is 5.63. The Labute approximate surface area is 131 Å². The first-order valence-corrected chi connectivity index (χ1v) is 8.29. The van der Waals surface area contributed by atoms with Crippen molar-refractivity contribution in [2.24, 2.45) is 12.2 Å². The van der Waals surface area contributed by atoms with Crippen molar-refractivity contribution >= 4 is 37.5 Å². The average Bonchev–Trinajstić information content (AvgIpc) is 2.69. The number of hydrogen-bond donors (Lipinski definition) is 2. The van der Waals surface area contributed by atoms with Crippen LogP contribution in [0.4, 0.5) is 5.69 Å². The first-order valence-electron chi connectivity index (χ1n) is 5.95. The van der Waals surface area contributed by atoms with E-state index in [2.05, 4.69) is 21.2 Å². The number of carbonyl (C=O) groups excluding carboxylic acids is 1. The maximum absolute atomic E-state index is 12.2. The lowest BCUT2D eigenvalue weighted by molar-refractivity contribution is 0.101. The zero-order valence-electron chi connectivity index (χ0n) is 11.4. The van der Waals surface area contributed by atoms with Gasteiger partial charge in [-0.3, -0.25) is 4.79 Å². The molecule has 0 spiro atoms. The molecule has 0 aliphatic rings. The number of nitrogens with zero attached hydrogens (tertiary/aromatic N) is 1. The number of nitrogens with one attached hydrogen (secondary N) is 1. The highest BCUT2D eigenvalue weighted by atomic mass is 79.9. The minimum absolute atomic E-state index is 0.00615. The van der Waals surface area contributed by atoms with Gasteiger partial charge in [-0.25, -0.2) is 13.6 Å². The highest BCUT2D eigenvalue weighted by Crippen LogP contribution is 2.20. The predicted molar refractivity (Wildman–Crippen MR) is 83.6 cm³/mol. The second-order valence-corrected chi connectivity index (χ2v) is 7.08. The highest BCUT2D eigenvalue weighted by Gasteiger charge is 2.15. The molecule has 2 rings (SSSR count). The summed E-state index contributed by atoms with van der Waals surface area (Å²) in [6.07, 6.45) is 1.75. The van der Waals surface area contributed by atoms with E-state index in [1.54, 1.807) is 42.9 Å². The SMILES string of the molecule is Cc1ccc(NC(=O)c2cc(Br)cn2C)cc1S(N)(=O)=O. The Bertz CT molecular complexity index is 812. The molecular weight excluding hydrogens is 358 g/mol. The van der Waals surface area contributed by atoms with Crippen LogP contribution in [0.3, 0.4) is 0 Å². The fraction of sp³-hybridized carbons (Fsp3) is 0.154. The summed E-state index contributed by atoms with van der Waals surface area (Å²) >= 11 is 3.29. The van der Waals surface area contributed by atoms with Gasteiger partial charge in [-0.05, 0) is 46.6 Å². The third-order valence-electron chi connectivity index (χ3n) is 2.96. The number of aryl methyl sites for hydroxylation is 2. The van der Waals surface area contributed by atoms with E-state index >= 15 is 0 Å². The van der Waals surface area contributed by atoms with Crippen LogP contribution in [0.15, 0.2) is 39.8 Å². The first kappa shape index (κ1) is 15.7. The summed E-state index contributed by atoms with van der Waals surface area (Å²) in [6.45, 7) is 1.64. The van der Waals surface area contributed by atoms with E-state index in [-0.39, 0.29) is 10.8 Å². The van der Waals surface area contributed by atoms with Crippen molar-refractivity contribution in [2.45, 2.75) is 11.8 Å². The molecule has 6 nitrogen and oxygen atoms in total. The maximum atomic E-state index is 12.2. The lowest BCUT2D eigenvalue weighted by Crippen LogP contribution is -2.17. The molecule has 3 N–H and O–H groups in total. The zero-order valence-corrected chi connectivity index (χ0v) is 13.8. The molecule has 112 valence electrons. The maximum Gasteiger partial charge on any atom is 0.272 e. The monoisotopic (exact) mass is 371 g/mol. The minimum atomic E-state index is -3.82. The standard InChI is InChI=1S/C13H14BrN3O3S/c1-8-3-4-10(6-12(8)21(15,19)20)16-13(18)11-5-9(14)7-17(11)2/h3-7H,1-2H3,(H,16,18)(H2,15,19,20). The third-order valence-corrected chi connectivity index (χ3v) is 4.44. The fourth-order valence-corrected chi connectivity index (χ4v) is 3.26. The van der Waals surface area contributed by atoms with Gasteiger partial charge in [0.25, 0.3) is 5.91 Å². The van der Waals surface area contributed by atoms with Gasteiger partial charge in [-0.15, -0.1) is 0 Å². The lowest BCUT2D eigenvalue weighted by Gasteiger charge is -2.09. The molecule has 21 heavy (non-hydrogen) atoms. The Hall–Kier alpha value is -1.64. The molecule has 8 heteroatoms. The van der Waals surface area contributed by atoms with Crippen LogP contribution in [0.2, 0.25) is 0 Å². The van der Waals surface area contributed by atoms with Crippen LogP contribution >= 0.6 is 15.9 Å². The summed E-state index contributed by atoms with van der Waals surface area (Å²) < 4.78 is 25.4. The Balaban J connectivity index is 2.32. The van der Waals surface area contributed by atoms with Crippen molar-refractivity contribution in [1.29, 1.82) is 0 Å². The molecule has 2 aromatic rings. The number of carbonyl (C=O) groups is 1. The largest absolute Gasteiger partial charge is 0.345 e. The third kappa shape index (κ3) is 3.52. The van der Waals surface area contributed by atoms with E-state index in [0.717, 1.165) is 4.47 Å². The molecule has 0 aliphatic carbocycles. The predicted octanol–water partition coefficient (Wildman–Crippen LogP) is 2.00. The number of primary sulfonamides is 1. The molecule has 1 aromatic carbocycles. The molecule has 1 heterocycles. The van der Waals surface area contributed by atoms with Gasteiger partial charge in [0, 0.05) is 23.4 Å². The Morgan fingerprint density at radius 3 is 2.52 bits per heavy atom. The van der Waals surface area contributed by atoms with Gasteiger partial charge in [-0.2, -0.15) is 0 Å². The highest BCUT2D eigenvalue weighted by molar-refractivity contribution is 9.10. The van der Waals surface area contributed by atoms with Crippen LogP contribution in [0.5, 0.6) is 0 Å². The van der Waals surface area contributed by atoms with E-state index in [0.29, 0.717) is 16.9 Å². The molecule has 1 aromatic heterocycles. The van der Waals surface area contributed by atoms with Crippen molar-refractivity contribution in [2.75, 3.05) is 5.32 Å². The quantitative estimate of drug-likeness (QED) is 0.863. The van der Waals surface area contributed by atoms with Crippen LogP contribution < -0.4 is 10.5 Å². The Morgan fingerprint density at radius 2 is 2.00 bits per heavy atom. The van der Waals surface area contributed by atoms with Crippen LogP contribution in [0.25, 0.3) is 0 Å². The Morgan fingerprint density at radius 1 is 1.33 bits per heavy atom. The summed E-state index contributed by atoms with van der Waals surface area (Å²) in [7, 11) is -2.08. The summed E-state index contributed by atoms with van der Waals surface area (Å²) in [4.78, 5) is 12.2. The molecule has 1 amide bonds. The average molecular weight is 372 g/mol. The molecule has 0 aliphatic heterocycles. The topological polar surface area (TPSA) is 94.2 Å². The van der Waals surface area contributed by atoms with E-state index in [1.165, 1.54) is 6.07 Å². The van der Waals surface area contributed by atoms with E-state index in [9.17, 15) is 13.2 Å². The smallest absolute Gasteiger partial charge is 0.272 e. The van der Waals surface area contributed by atoms with Crippen molar-refractivity contribution in [3.05, 3.63) is 46.2 Å². The number of sulfonamides is 1. The van der Waals surface area contributed by atoms with Crippen molar-refractivity contribution < 1.29 is 13.2 Å². The summed E-state index contributed by atoms with van der Waals surface area (Å²) in [6, 6.07) is 6.24. The number of hydrogen-bond acceptors (Lipinski definition) is 3. The molecule has 0 fully saturated rings. The minimum Gasteiger partial charge on any atom is -0.345 e. The van der Waals surface area contributed by atoms with Crippen LogP contribution in [0, 0.1) is 6.92 Å². The summed E-state index contributed by atoms with van der Waals surface area (Å²) in [5, 5.41) is 7.80. The number of aromatic nitrogens is 1. The van der Waals surface area contributed by atoms with E-state index < -0.39 is 10.0 Å². The molecule has 0 saturated heterocycles. The van der Waals surface area contributed by atoms with Gasteiger partial charge in [0.15, 0.2) is 0 Å². The molecule has 0 saturated carbocycles.